The number of nitrogens with one attached hydrogen (secondary N) is 1. The van der Waals surface area contributed by atoms with E-state index >= 15 is 0 Å². The third-order valence-electron chi connectivity index (χ3n) is 4.73. The Morgan fingerprint density at radius 1 is 1.00 bits per heavy atom. The van der Waals surface area contributed by atoms with Crippen LogP contribution >= 0.6 is 11.6 Å². The maximum absolute atomic E-state index is 13.8. The predicted octanol–water partition coefficient (Wildman–Crippen LogP) is 5.21. The lowest BCUT2D eigenvalue weighted by molar-refractivity contribution is -0.116. The quantitative estimate of drug-likeness (QED) is 0.449. The minimum absolute atomic E-state index is 0.180. The lowest BCUT2D eigenvalue weighted by atomic mass is 10.2. The number of halogens is 3. The summed E-state index contributed by atoms with van der Waals surface area (Å²) in [5, 5.41) is 2.89. The molecule has 0 saturated carbocycles. The summed E-state index contributed by atoms with van der Waals surface area (Å²) in [5.74, 6) is -1.82. The van der Waals surface area contributed by atoms with Crippen molar-refractivity contribution in [2.24, 2.45) is 0 Å². The van der Waals surface area contributed by atoms with Gasteiger partial charge in [-0.05, 0) is 61.5 Å². The summed E-state index contributed by atoms with van der Waals surface area (Å²) in [6.07, 6.45) is 0.857. The van der Waals surface area contributed by atoms with E-state index in [1.165, 1.54) is 26.2 Å². The van der Waals surface area contributed by atoms with Crippen LogP contribution in [0.3, 0.4) is 0 Å². The zero-order valence-corrected chi connectivity index (χ0v) is 20.0. The number of benzene rings is 3. The monoisotopic (exact) mass is 510 g/mol. The van der Waals surface area contributed by atoms with Gasteiger partial charge < -0.3 is 14.8 Å². The van der Waals surface area contributed by atoms with E-state index in [-0.39, 0.29) is 17.1 Å². The van der Waals surface area contributed by atoms with E-state index in [0.717, 1.165) is 18.4 Å². The van der Waals surface area contributed by atoms with Crippen molar-refractivity contribution in [2.45, 2.75) is 13.0 Å². The zero-order valence-electron chi connectivity index (χ0n) is 18.4. The molecule has 0 spiro atoms. The average Bonchev–Trinajstić information content (AvgIpc) is 2.77. The first kappa shape index (κ1) is 25.3. The molecule has 1 N–H and O–H groups in total. The molecule has 3 aromatic carbocycles. The van der Waals surface area contributed by atoms with Gasteiger partial charge in [-0.3, -0.25) is 9.10 Å². The van der Waals surface area contributed by atoms with Gasteiger partial charge in [0.15, 0.2) is 17.4 Å². The number of nitrogens with zero attached hydrogens (tertiary/aromatic N) is 1. The molecule has 0 bridgehead atoms. The fraction of sp³-hybridized carbons (Fsp3) is 0.174. The summed E-state index contributed by atoms with van der Waals surface area (Å²) in [6, 6.07) is 12.5. The highest BCUT2D eigenvalue weighted by Crippen LogP contribution is 2.33. The molecule has 3 aromatic rings. The molecule has 0 aromatic heterocycles. The maximum Gasteiger partial charge on any atom is 0.248 e. The smallest absolute Gasteiger partial charge is 0.248 e. The first-order chi connectivity index (χ1) is 16.0. The van der Waals surface area contributed by atoms with Crippen molar-refractivity contribution in [3.63, 3.8) is 0 Å². The molecule has 3 rings (SSSR count). The summed E-state index contributed by atoms with van der Waals surface area (Å²) in [7, 11) is -2.51. The summed E-state index contributed by atoms with van der Waals surface area (Å²) in [5.41, 5.74) is -0.0243. The van der Waals surface area contributed by atoms with Gasteiger partial charge in [0, 0.05) is 11.1 Å². The van der Waals surface area contributed by atoms with Gasteiger partial charge in [0.2, 0.25) is 15.9 Å². The molecule has 1 atom stereocenters. The van der Waals surface area contributed by atoms with E-state index in [1.807, 2.05) is 0 Å². The molecule has 0 aliphatic heterocycles. The van der Waals surface area contributed by atoms with Crippen LogP contribution in [0.15, 0.2) is 60.7 Å². The summed E-state index contributed by atoms with van der Waals surface area (Å²) < 4.78 is 63.6. The molecule has 11 heteroatoms. The van der Waals surface area contributed by atoms with Gasteiger partial charge in [0.25, 0.3) is 0 Å². The SMILES string of the molecule is COc1ccc(Oc2ccc(Cl)cc2NC(=O)[C@H](C)N(c2ccc(F)c(F)c2)S(C)(=O)=O)cc1. The molecule has 180 valence electrons. The highest BCUT2D eigenvalue weighted by molar-refractivity contribution is 7.92. The van der Waals surface area contributed by atoms with Crippen molar-refractivity contribution in [2.75, 3.05) is 23.0 Å². The Balaban J connectivity index is 1.89. The third kappa shape index (κ3) is 5.95. The molecule has 1 amide bonds. The molecule has 0 saturated heterocycles. The molecular weight excluding hydrogens is 490 g/mol. The van der Waals surface area contributed by atoms with Gasteiger partial charge in [0.05, 0.1) is 24.7 Å². The Morgan fingerprint density at radius 2 is 1.65 bits per heavy atom. The molecule has 0 fully saturated rings. The Morgan fingerprint density at radius 3 is 2.24 bits per heavy atom. The number of methoxy groups -OCH3 is 1. The van der Waals surface area contributed by atoms with E-state index in [4.69, 9.17) is 21.1 Å². The van der Waals surface area contributed by atoms with E-state index in [2.05, 4.69) is 5.32 Å². The van der Waals surface area contributed by atoms with Crippen LogP contribution in [0.4, 0.5) is 20.2 Å². The van der Waals surface area contributed by atoms with Gasteiger partial charge in [-0.25, -0.2) is 17.2 Å². The van der Waals surface area contributed by atoms with E-state index in [1.54, 1.807) is 30.3 Å². The normalized spacial score (nSPS) is 12.1. The second-order valence-electron chi connectivity index (χ2n) is 7.24. The van der Waals surface area contributed by atoms with Crippen LogP contribution < -0.4 is 19.1 Å². The third-order valence-corrected chi connectivity index (χ3v) is 6.21. The van der Waals surface area contributed by atoms with Crippen LogP contribution in [-0.4, -0.2) is 33.7 Å². The molecule has 34 heavy (non-hydrogen) atoms. The number of hydrogen-bond donors (Lipinski definition) is 1. The summed E-state index contributed by atoms with van der Waals surface area (Å²) in [6.45, 7) is 1.31. The minimum Gasteiger partial charge on any atom is -0.497 e. The van der Waals surface area contributed by atoms with Crippen LogP contribution in [-0.2, 0) is 14.8 Å². The number of carbonyl (C=O) groups excluding carboxylic acids is 1. The molecule has 0 aliphatic rings. The minimum atomic E-state index is -4.04. The van der Waals surface area contributed by atoms with Gasteiger partial charge in [-0.1, -0.05) is 11.6 Å². The summed E-state index contributed by atoms with van der Waals surface area (Å²) >= 11 is 6.08. The van der Waals surface area contributed by atoms with Crippen molar-refractivity contribution in [1.29, 1.82) is 0 Å². The van der Waals surface area contributed by atoms with Crippen molar-refractivity contribution in [3.05, 3.63) is 77.3 Å². The number of sulfonamides is 1. The second kappa shape index (κ2) is 10.3. The molecule has 0 aliphatic carbocycles. The van der Waals surface area contributed by atoms with Crippen LogP contribution in [0.5, 0.6) is 17.2 Å². The van der Waals surface area contributed by atoms with Gasteiger partial charge in [-0.2, -0.15) is 0 Å². The maximum atomic E-state index is 13.8. The molecule has 7 nitrogen and oxygen atoms in total. The van der Waals surface area contributed by atoms with Gasteiger partial charge in [0.1, 0.15) is 17.5 Å². The number of amides is 1. The van der Waals surface area contributed by atoms with Crippen LogP contribution in [0.2, 0.25) is 5.02 Å². The van der Waals surface area contributed by atoms with Crippen molar-refractivity contribution in [3.8, 4) is 17.2 Å². The van der Waals surface area contributed by atoms with Crippen LogP contribution in [0.1, 0.15) is 6.92 Å². The van der Waals surface area contributed by atoms with Crippen molar-refractivity contribution < 1.29 is 31.5 Å². The Labute approximate surface area is 200 Å². The Kier molecular flexibility index (Phi) is 7.63. The zero-order chi connectivity index (χ0) is 25.0. The molecule has 0 heterocycles. The second-order valence-corrected chi connectivity index (χ2v) is 9.54. The summed E-state index contributed by atoms with van der Waals surface area (Å²) in [4.78, 5) is 13.0. The first-order valence-electron chi connectivity index (χ1n) is 9.86. The largest absolute Gasteiger partial charge is 0.497 e. The fourth-order valence-corrected chi connectivity index (χ4v) is 4.47. The highest BCUT2D eigenvalue weighted by Gasteiger charge is 2.30. The van der Waals surface area contributed by atoms with E-state index in [0.29, 0.717) is 26.9 Å². The van der Waals surface area contributed by atoms with Crippen molar-refractivity contribution >= 4 is 38.9 Å². The lowest BCUT2D eigenvalue weighted by Gasteiger charge is -2.28. The van der Waals surface area contributed by atoms with Crippen LogP contribution in [0.25, 0.3) is 0 Å². The number of rotatable bonds is 8. The molecule has 0 unspecified atom stereocenters. The molecule has 0 radical (unpaired) electrons. The Bertz CT molecular complexity index is 1300. The standard InChI is InChI=1S/C23H21ClF2N2O5S/c1-14(28(34(3,30)31)16-5-10-19(25)20(26)13-16)23(29)27-21-12-15(24)4-11-22(21)33-18-8-6-17(32-2)7-9-18/h4-14H,1-3H3,(H,27,29)/t14-/m0/s1. The van der Waals surface area contributed by atoms with Gasteiger partial charge >= 0.3 is 0 Å². The van der Waals surface area contributed by atoms with Crippen molar-refractivity contribution in [1.82, 2.24) is 0 Å². The van der Waals surface area contributed by atoms with Crippen LogP contribution in [0, 0.1) is 11.6 Å². The average molecular weight is 511 g/mol. The number of anilines is 2. The first-order valence-corrected chi connectivity index (χ1v) is 12.1. The highest BCUT2D eigenvalue weighted by atomic mass is 35.5. The van der Waals surface area contributed by atoms with Gasteiger partial charge in [-0.15, -0.1) is 0 Å². The topological polar surface area (TPSA) is 84.9 Å². The van der Waals surface area contributed by atoms with E-state index < -0.39 is 33.6 Å². The molecular formula is C23H21ClF2N2O5S. The van der Waals surface area contributed by atoms with E-state index in [9.17, 15) is 22.0 Å². The Hall–Kier alpha value is -3.37. The lowest BCUT2D eigenvalue weighted by Crippen LogP contribution is -2.45. The fourth-order valence-electron chi connectivity index (χ4n) is 3.13. The predicted molar refractivity (Wildman–Crippen MR) is 126 cm³/mol. The number of ether oxygens (including phenoxy) is 2. The number of hydrogen-bond acceptors (Lipinski definition) is 5. The number of carbonyl (C=O) groups is 1.